The van der Waals surface area contributed by atoms with Crippen molar-refractivity contribution in [1.29, 1.82) is 0 Å². The molecule has 3 aromatic heterocycles. The lowest BCUT2D eigenvalue weighted by atomic mass is 10.1. The lowest BCUT2D eigenvalue weighted by molar-refractivity contribution is 0.186. The molecule has 0 spiro atoms. The quantitative estimate of drug-likeness (QED) is 0.658. The van der Waals surface area contributed by atoms with Crippen molar-refractivity contribution < 1.29 is 5.11 Å². The highest BCUT2D eigenvalue weighted by Crippen LogP contribution is 2.21. The summed E-state index contributed by atoms with van der Waals surface area (Å²) in [6.45, 7) is 4.06. The largest absolute Gasteiger partial charge is 0.385 e. The molecule has 1 unspecified atom stereocenters. The average Bonchev–Trinajstić information content (AvgIpc) is 2.60. The summed E-state index contributed by atoms with van der Waals surface area (Å²) in [5.74, 6) is 0.398. The lowest BCUT2D eigenvalue weighted by Gasteiger charge is -2.12. The first-order chi connectivity index (χ1) is 12.0. The molecule has 0 radical (unpaired) electrons. The van der Waals surface area contributed by atoms with Gasteiger partial charge in [0.25, 0.3) is 0 Å². The van der Waals surface area contributed by atoms with Crippen LogP contribution in [0.25, 0.3) is 11.3 Å². The first-order valence-corrected chi connectivity index (χ1v) is 7.92. The third-order valence-electron chi connectivity index (χ3n) is 3.76. The summed E-state index contributed by atoms with van der Waals surface area (Å²) in [5, 5.41) is 13.2. The number of rotatable bonds is 5. The van der Waals surface area contributed by atoms with Gasteiger partial charge in [-0.3, -0.25) is 9.78 Å². The summed E-state index contributed by atoms with van der Waals surface area (Å²) in [7, 11) is 0. The first-order valence-electron chi connectivity index (χ1n) is 7.92. The van der Waals surface area contributed by atoms with Crippen molar-refractivity contribution in [3.05, 3.63) is 70.0 Å². The Balaban J connectivity index is 1.75. The minimum atomic E-state index is -0.871. The summed E-state index contributed by atoms with van der Waals surface area (Å²) in [5.41, 5.74) is 3.72. The zero-order valence-corrected chi connectivity index (χ0v) is 14.0. The fourth-order valence-electron chi connectivity index (χ4n) is 2.51. The molecule has 0 aliphatic rings. The van der Waals surface area contributed by atoms with Crippen molar-refractivity contribution in [2.75, 3.05) is 11.9 Å². The number of aryl methyl sites for hydroxylation is 2. The summed E-state index contributed by atoms with van der Waals surface area (Å²) in [6.07, 6.45) is 0.782. The molecule has 0 saturated heterocycles. The van der Waals surface area contributed by atoms with Gasteiger partial charge in [0.05, 0.1) is 5.69 Å². The second-order valence-corrected chi connectivity index (χ2v) is 5.72. The van der Waals surface area contributed by atoms with Crippen LogP contribution in [0.15, 0.2) is 47.4 Å². The van der Waals surface area contributed by atoms with Gasteiger partial charge in [-0.15, -0.1) is 0 Å². The fourth-order valence-corrected chi connectivity index (χ4v) is 2.51. The Kier molecular flexibility index (Phi) is 4.85. The molecular weight excluding hydrogens is 318 g/mol. The standard InChI is InChI=1S/C18H19N5O2/c1-11-6-7-13(12(2)21-11)14-8-9-19-18(23-14)20-10-16(24)15-4-3-5-17(25)22-15/h3-9,16,24H,10H2,1-2H3,(H,22,25)(H,19,20,23). The molecule has 0 saturated carbocycles. The molecule has 3 heterocycles. The summed E-state index contributed by atoms with van der Waals surface area (Å²) in [4.78, 5) is 27.0. The minimum Gasteiger partial charge on any atom is -0.385 e. The maximum absolute atomic E-state index is 11.3. The number of aliphatic hydroxyl groups excluding tert-OH is 1. The van der Waals surface area contributed by atoms with Gasteiger partial charge in [0.2, 0.25) is 11.5 Å². The van der Waals surface area contributed by atoms with Gasteiger partial charge in [-0.05, 0) is 38.1 Å². The van der Waals surface area contributed by atoms with Gasteiger partial charge in [-0.2, -0.15) is 0 Å². The van der Waals surface area contributed by atoms with E-state index in [1.807, 2.05) is 32.0 Å². The first kappa shape index (κ1) is 16.8. The van der Waals surface area contributed by atoms with Gasteiger partial charge in [0, 0.05) is 41.5 Å². The maximum Gasteiger partial charge on any atom is 0.248 e. The molecule has 25 heavy (non-hydrogen) atoms. The molecule has 7 nitrogen and oxygen atoms in total. The molecular formula is C18H19N5O2. The van der Waals surface area contributed by atoms with Crippen molar-refractivity contribution in [2.24, 2.45) is 0 Å². The number of hydrogen-bond acceptors (Lipinski definition) is 6. The van der Waals surface area contributed by atoms with E-state index in [-0.39, 0.29) is 12.1 Å². The van der Waals surface area contributed by atoms with E-state index in [4.69, 9.17) is 0 Å². The van der Waals surface area contributed by atoms with Crippen LogP contribution >= 0.6 is 0 Å². The highest BCUT2D eigenvalue weighted by atomic mass is 16.3. The fraction of sp³-hybridized carbons (Fsp3) is 0.222. The number of hydrogen-bond donors (Lipinski definition) is 3. The van der Waals surface area contributed by atoms with Gasteiger partial charge in [-0.1, -0.05) is 6.07 Å². The molecule has 3 N–H and O–H groups in total. The number of nitrogens with one attached hydrogen (secondary N) is 2. The van der Waals surface area contributed by atoms with Gasteiger partial charge in [0.1, 0.15) is 6.10 Å². The Morgan fingerprint density at radius 3 is 2.76 bits per heavy atom. The normalized spacial score (nSPS) is 12.0. The average molecular weight is 337 g/mol. The van der Waals surface area contributed by atoms with E-state index in [1.54, 1.807) is 18.3 Å². The summed E-state index contributed by atoms with van der Waals surface area (Å²) < 4.78 is 0. The van der Waals surface area contributed by atoms with Crippen LogP contribution in [-0.2, 0) is 0 Å². The molecule has 0 amide bonds. The van der Waals surface area contributed by atoms with Gasteiger partial charge in [-0.25, -0.2) is 9.97 Å². The molecule has 0 fully saturated rings. The molecule has 3 aromatic rings. The number of aromatic amines is 1. The molecule has 0 aliphatic carbocycles. The molecule has 0 aromatic carbocycles. The van der Waals surface area contributed by atoms with E-state index >= 15 is 0 Å². The third kappa shape index (κ3) is 4.07. The van der Waals surface area contributed by atoms with E-state index in [9.17, 15) is 9.90 Å². The Morgan fingerprint density at radius 2 is 2.00 bits per heavy atom. The number of anilines is 1. The van der Waals surface area contributed by atoms with Crippen LogP contribution in [0, 0.1) is 13.8 Å². The lowest BCUT2D eigenvalue weighted by Crippen LogP contribution is -2.17. The highest BCUT2D eigenvalue weighted by Gasteiger charge is 2.10. The molecule has 128 valence electrons. The highest BCUT2D eigenvalue weighted by molar-refractivity contribution is 5.62. The van der Waals surface area contributed by atoms with Crippen LogP contribution in [0.3, 0.4) is 0 Å². The number of aromatic nitrogens is 4. The van der Waals surface area contributed by atoms with E-state index < -0.39 is 6.10 Å². The van der Waals surface area contributed by atoms with E-state index in [1.165, 1.54) is 6.07 Å². The van der Waals surface area contributed by atoms with Crippen molar-refractivity contribution in [3.8, 4) is 11.3 Å². The maximum atomic E-state index is 11.3. The van der Waals surface area contributed by atoms with Crippen molar-refractivity contribution in [3.63, 3.8) is 0 Å². The zero-order valence-electron chi connectivity index (χ0n) is 14.0. The minimum absolute atomic E-state index is 0.175. The van der Waals surface area contributed by atoms with Crippen LogP contribution in [0.2, 0.25) is 0 Å². The number of aliphatic hydroxyl groups is 1. The number of H-pyrrole nitrogens is 1. The topological polar surface area (TPSA) is 104 Å². The van der Waals surface area contributed by atoms with Crippen molar-refractivity contribution >= 4 is 5.95 Å². The second kappa shape index (κ2) is 7.23. The van der Waals surface area contributed by atoms with Crippen LogP contribution in [0.5, 0.6) is 0 Å². The number of pyridine rings is 2. The Bertz CT molecular complexity index is 938. The van der Waals surface area contributed by atoms with E-state index in [0.717, 1.165) is 22.6 Å². The van der Waals surface area contributed by atoms with Crippen LogP contribution in [0.4, 0.5) is 5.95 Å². The third-order valence-corrected chi connectivity index (χ3v) is 3.76. The molecule has 1 atom stereocenters. The predicted octanol–water partition coefficient (Wildman–Crippen LogP) is 1.99. The molecule has 0 bridgehead atoms. The number of nitrogens with zero attached hydrogens (tertiary/aromatic N) is 3. The van der Waals surface area contributed by atoms with Crippen LogP contribution in [-0.4, -0.2) is 31.6 Å². The summed E-state index contributed by atoms with van der Waals surface area (Å²) in [6, 6.07) is 10.4. The Hall–Kier alpha value is -3.06. The van der Waals surface area contributed by atoms with Gasteiger partial charge >= 0.3 is 0 Å². The van der Waals surface area contributed by atoms with E-state index in [2.05, 4.69) is 25.3 Å². The van der Waals surface area contributed by atoms with Gasteiger partial charge in [0.15, 0.2) is 0 Å². The smallest absolute Gasteiger partial charge is 0.248 e. The van der Waals surface area contributed by atoms with Crippen molar-refractivity contribution in [2.45, 2.75) is 20.0 Å². The Morgan fingerprint density at radius 1 is 1.16 bits per heavy atom. The second-order valence-electron chi connectivity index (χ2n) is 5.72. The van der Waals surface area contributed by atoms with E-state index in [0.29, 0.717) is 11.6 Å². The SMILES string of the molecule is Cc1ccc(-c2ccnc(NCC(O)c3cccc(=O)[nH]3)n2)c(C)n1. The van der Waals surface area contributed by atoms with Crippen molar-refractivity contribution in [1.82, 2.24) is 19.9 Å². The van der Waals surface area contributed by atoms with Crippen LogP contribution in [0.1, 0.15) is 23.2 Å². The molecule has 0 aliphatic heterocycles. The van der Waals surface area contributed by atoms with Crippen LogP contribution < -0.4 is 10.9 Å². The Labute approximate surface area is 144 Å². The summed E-state index contributed by atoms with van der Waals surface area (Å²) >= 11 is 0. The molecule has 3 rings (SSSR count). The van der Waals surface area contributed by atoms with Gasteiger partial charge < -0.3 is 15.4 Å². The monoisotopic (exact) mass is 337 g/mol. The molecule has 7 heteroatoms. The zero-order chi connectivity index (χ0) is 17.8. The predicted molar refractivity (Wildman–Crippen MR) is 95.2 cm³/mol.